The quantitative estimate of drug-likeness (QED) is 0.558. The van der Waals surface area contributed by atoms with Crippen LogP contribution in [-0.2, 0) is 11.3 Å². The zero-order valence-electron chi connectivity index (χ0n) is 13.8. The van der Waals surface area contributed by atoms with Crippen molar-refractivity contribution < 1.29 is 23.4 Å². The van der Waals surface area contributed by atoms with Crippen molar-refractivity contribution in [2.75, 3.05) is 20.8 Å². The van der Waals surface area contributed by atoms with Crippen LogP contribution in [0.5, 0.6) is 11.5 Å². The largest absolute Gasteiger partial charge is 0.493 e. The van der Waals surface area contributed by atoms with Gasteiger partial charge in [-0.2, -0.15) is 0 Å². The third kappa shape index (κ3) is 3.67. The van der Waals surface area contributed by atoms with Crippen molar-refractivity contribution >= 4 is 40.1 Å². The second kappa shape index (κ2) is 7.93. The summed E-state index contributed by atoms with van der Waals surface area (Å²) in [5.41, 5.74) is -0.936. The molecule has 0 saturated carbocycles. The predicted octanol–water partition coefficient (Wildman–Crippen LogP) is 3.14. The number of alkyl halides is 2. The first-order chi connectivity index (χ1) is 11.8. The lowest BCUT2D eigenvalue weighted by Gasteiger charge is -2.16. The number of methoxy groups -OCH3 is 2. The molecule has 0 saturated heterocycles. The third-order valence-corrected chi connectivity index (χ3v) is 3.80. The maximum Gasteiger partial charge on any atom is 0.343 e. The maximum atomic E-state index is 14.8. The van der Waals surface area contributed by atoms with E-state index in [0.29, 0.717) is 6.54 Å². The van der Waals surface area contributed by atoms with E-state index in [9.17, 15) is 14.0 Å². The van der Waals surface area contributed by atoms with Crippen molar-refractivity contribution in [1.82, 2.24) is 4.57 Å². The van der Waals surface area contributed by atoms with E-state index in [4.69, 9.17) is 37.4 Å². The van der Waals surface area contributed by atoms with Gasteiger partial charge in [0.25, 0.3) is 0 Å². The molecule has 9 heteroatoms. The van der Waals surface area contributed by atoms with Crippen LogP contribution in [0, 0.1) is 5.82 Å². The Morgan fingerprint density at radius 3 is 2.52 bits per heavy atom. The van der Waals surface area contributed by atoms with Gasteiger partial charge in [-0.15, -0.1) is 23.2 Å². The summed E-state index contributed by atoms with van der Waals surface area (Å²) < 4.78 is 31.2. The van der Waals surface area contributed by atoms with Crippen LogP contribution in [0.15, 0.2) is 17.1 Å². The molecule has 0 aliphatic carbocycles. The minimum absolute atomic E-state index is 0.00858. The average Bonchev–Trinajstić information content (AvgIpc) is 2.59. The van der Waals surface area contributed by atoms with Gasteiger partial charge >= 0.3 is 5.97 Å². The average molecular weight is 392 g/mol. The van der Waals surface area contributed by atoms with E-state index in [-0.39, 0.29) is 34.6 Å². The molecule has 1 aromatic carbocycles. The number of esters is 1. The maximum absolute atomic E-state index is 14.8. The fourth-order valence-electron chi connectivity index (χ4n) is 2.43. The third-order valence-electron chi connectivity index (χ3n) is 3.55. The van der Waals surface area contributed by atoms with Gasteiger partial charge in [-0.25, -0.2) is 9.18 Å². The Bertz CT molecular complexity index is 866. The van der Waals surface area contributed by atoms with E-state index in [0.717, 1.165) is 0 Å². The number of fused-ring (bicyclic) bond motifs is 1. The molecule has 0 unspecified atom stereocenters. The summed E-state index contributed by atoms with van der Waals surface area (Å²) in [6, 6.07) is 1.33. The molecule has 25 heavy (non-hydrogen) atoms. The summed E-state index contributed by atoms with van der Waals surface area (Å²) >= 11 is 11.0. The van der Waals surface area contributed by atoms with Crippen LogP contribution < -0.4 is 14.9 Å². The van der Waals surface area contributed by atoms with Crippen molar-refractivity contribution in [2.24, 2.45) is 0 Å². The molecule has 136 valence electrons. The normalized spacial score (nSPS) is 11.0. The molecule has 0 N–H and O–H groups in total. The van der Waals surface area contributed by atoms with Crippen molar-refractivity contribution in [3.05, 3.63) is 33.9 Å². The van der Waals surface area contributed by atoms with Crippen LogP contribution in [0.1, 0.15) is 17.3 Å². The minimum atomic E-state index is -0.917. The molecular formula is C16H16Cl2FNO5. The van der Waals surface area contributed by atoms with E-state index < -0.39 is 22.1 Å². The zero-order valence-corrected chi connectivity index (χ0v) is 15.3. The smallest absolute Gasteiger partial charge is 0.343 e. The van der Waals surface area contributed by atoms with Gasteiger partial charge in [0.1, 0.15) is 17.0 Å². The van der Waals surface area contributed by atoms with Gasteiger partial charge in [0.2, 0.25) is 5.43 Å². The highest BCUT2D eigenvalue weighted by molar-refractivity contribution is 6.44. The van der Waals surface area contributed by atoms with Gasteiger partial charge in [-0.1, -0.05) is 0 Å². The molecule has 6 nitrogen and oxygen atoms in total. The van der Waals surface area contributed by atoms with Gasteiger partial charge in [0.15, 0.2) is 17.3 Å². The fourth-order valence-corrected chi connectivity index (χ4v) is 2.56. The van der Waals surface area contributed by atoms with Crippen molar-refractivity contribution in [2.45, 2.75) is 18.3 Å². The molecule has 0 bridgehead atoms. The van der Waals surface area contributed by atoms with Gasteiger partial charge in [-0.3, -0.25) is 4.79 Å². The number of nitrogens with zero attached hydrogens (tertiary/aromatic N) is 1. The summed E-state index contributed by atoms with van der Waals surface area (Å²) in [5, 5.41) is -0.0280. The number of rotatable bonds is 6. The number of pyridine rings is 1. The van der Waals surface area contributed by atoms with Crippen molar-refractivity contribution in [3.8, 4) is 11.5 Å². The number of hydrogen-bond donors (Lipinski definition) is 0. The molecular weight excluding hydrogens is 376 g/mol. The summed E-state index contributed by atoms with van der Waals surface area (Å²) in [6.45, 7) is 1.77. The van der Waals surface area contributed by atoms with Gasteiger partial charge in [0.05, 0.1) is 25.1 Å². The van der Waals surface area contributed by atoms with Crippen LogP contribution >= 0.6 is 23.2 Å². The monoisotopic (exact) mass is 391 g/mol. The van der Waals surface area contributed by atoms with Crippen LogP contribution in [0.2, 0.25) is 0 Å². The standard InChI is InChI=1S/C16H16Cl2FNO5/c1-4-20-6-9(16(22)25-7-11(17)18)14(21)8-5-10(23-2)15(24-3)12(19)13(8)20/h5-6,11H,4,7H2,1-3H3. The highest BCUT2D eigenvalue weighted by atomic mass is 35.5. The van der Waals surface area contributed by atoms with Crippen molar-refractivity contribution in [3.63, 3.8) is 0 Å². The van der Waals surface area contributed by atoms with Crippen LogP contribution in [0.4, 0.5) is 4.39 Å². The summed E-state index contributed by atoms with van der Waals surface area (Å²) in [6.07, 6.45) is 1.24. The van der Waals surface area contributed by atoms with Gasteiger partial charge in [-0.05, 0) is 13.0 Å². The fraction of sp³-hybridized carbons (Fsp3) is 0.375. The van der Waals surface area contributed by atoms with E-state index in [1.165, 1.54) is 31.0 Å². The molecule has 0 amide bonds. The van der Waals surface area contributed by atoms with E-state index in [1.807, 2.05) is 0 Å². The molecule has 0 fully saturated rings. The lowest BCUT2D eigenvalue weighted by atomic mass is 10.1. The van der Waals surface area contributed by atoms with Crippen LogP contribution in [0.3, 0.4) is 0 Å². The first-order valence-electron chi connectivity index (χ1n) is 7.28. The van der Waals surface area contributed by atoms with E-state index >= 15 is 0 Å². The molecule has 0 aliphatic rings. The number of aryl methyl sites for hydroxylation is 1. The van der Waals surface area contributed by atoms with Crippen molar-refractivity contribution in [1.29, 1.82) is 0 Å². The van der Waals surface area contributed by atoms with Crippen LogP contribution in [-0.4, -0.2) is 36.2 Å². The number of ether oxygens (including phenoxy) is 3. The number of hydrogen-bond acceptors (Lipinski definition) is 5. The second-order valence-corrected chi connectivity index (χ2v) is 6.25. The topological polar surface area (TPSA) is 66.8 Å². The van der Waals surface area contributed by atoms with Gasteiger partial charge in [0, 0.05) is 12.7 Å². The Balaban J connectivity index is 2.75. The molecule has 2 aromatic rings. The number of aromatic nitrogens is 1. The Morgan fingerprint density at radius 1 is 1.32 bits per heavy atom. The van der Waals surface area contributed by atoms with Gasteiger partial charge < -0.3 is 18.8 Å². The molecule has 1 aromatic heterocycles. The summed E-state index contributed by atoms with van der Waals surface area (Å²) in [5.74, 6) is -1.73. The Labute approximate surface area is 153 Å². The Kier molecular flexibility index (Phi) is 6.13. The second-order valence-electron chi connectivity index (χ2n) is 4.97. The Hall–Kier alpha value is -1.99. The number of benzene rings is 1. The zero-order chi connectivity index (χ0) is 18.7. The molecule has 0 radical (unpaired) electrons. The Morgan fingerprint density at radius 2 is 2.00 bits per heavy atom. The predicted molar refractivity (Wildman–Crippen MR) is 92.7 cm³/mol. The SMILES string of the molecule is CCn1cc(C(=O)OCC(Cl)Cl)c(=O)c2cc(OC)c(OC)c(F)c21. The highest BCUT2D eigenvalue weighted by Crippen LogP contribution is 2.35. The summed E-state index contributed by atoms with van der Waals surface area (Å²) in [7, 11) is 2.61. The number of halogens is 3. The molecule has 0 spiro atoms. The van der Waals surface area contributed by atoms with Crippen LogP contribution in [0.25, 0.3) is 10.9 Å². The summed E-state index contributed by atoms with van der Waals surface area (Å²) in [4.78, 5) is 23.9. The number of carbonyl (C=O) groups is 1. The highest BCUT2D eigenvalue weighted by Gasteiger charge is 2.23. The number of carbonyl (C=O) groups excluding carboxylic acids is 1. The molecule has 2 rings (SSSR count). The molecule has 1 heterocycles. The molecule has 0 aliphatic heterocycles. The first kappa shape index (κ1) is 19.3. The lowest BCUT2D eigenvalue weighted by Crippen LogP contribution is -2.22. The minimum Gasteiger partial charge on any atom is -0.493 e. The lowest BCUT2D eigenvalue weighted by molar-refractivity contribution is 0.0519. The van der Waals surface area contributed by atoms with E-state index in [2.05, 4.69) is 0 Å². The van der Waals surface area contributed by atoms with E-state index in [1.54, 1.807) is 6.92 Å². The molecule has 0 atom stereocenters. The first-order valence-corrected chi connectivity index (χ1v) is 8.15.